The SMILES string of the molecule is Cc1ccc2ccccc2c1C=O.[Na]. The van der Waals surface area contributed by atoms with Crippen LogP contribution >= 0.6 is 0 Å². The number of benzene rings is 2. The van der Waals surface area contributed by atoms with Gasteiger partial charge in [-0.05, 0) is 23.3 Å². The molecule has 0 fully saturated rings. The molecule has 0 N–H and O–H groups in total. The fraction of sp³-hybridized carbons (Fsp3) is 0.0833. The van der Waals surface area contributed by atoms with E-state index in [1.807, 2.05) is 43.3 Å². The zero-order chi connectivity index (χ0) is 9.26. The van der Waals surface area contributed by atoms with Crippen LogP contribution in [0.3, 0.4) is 0 Å². The van der Waals surface area contributed by atoms with Crippen LogP contribution in [0.15, 0.2) is 36.4 Å². The molecule has 2 rings (SSSR count). The van der Waals surface area contributed by atoms with E-state index in [0.29, 0.717) is 0 Å². The summed E-state index contributed by atoms with van der Waals surface area (Å²) in [6, 6.07) is 11.9. The number of aldehydes is 1. The summed E-state index contributed by atoms with van der Waals surface area (Å²) in [6.07, 6.45) is 0.928. The van der Waals surface area contributed by atoms with Crippen molar-refractivity contribution in [3.05, 3.63) is 47.5 Å². The van der Waals surface area contributed by atoms with Gasteiger partial charge in [-0.2, -0.15) is 0 Å². The van der Waals surface area contributed by atoms with Gasteiger partial charge in [-0.1, -0.05) is 36.4 Å². The molecule has 2 heteroatoms. The third-order valence-electron chi connectivity index (χ3n) is 2.31. The van der Waals surface area contributed by atoms with Gasteiger partial charge in [-0.15, -0.1) is 0 Å². The molecule has 1 nitrogen and oxygen atoms in total. The topological polar surface area (TPSA) is 17.1 Å². The van der Waals surface area contributed by atoms with Gasteiger partial charge in [0, 0.05) is 35.1 Å². The van der Waals surface area contributed by atoms with Crippen molar-refractivity contribution in [2.75, 3.05) is 0 Å². The van der Waals surface area contributed by atoms with E-state index in [9.17, 15) is 4.79 Å². The quantitative estimate of drug-likeness (QED) is 0.502. The monoisotopic (exact) mass is 193 g/mol. The smallest absolute Gasteiger partial charge is 0.150 e. The van der Waals surface area contributed by atoms with Crippen LogP contribution in [0.1, 0.15) is 15.9 Å². The average molecular weight is 193 g/mol. The number of hydrogen-bond acceptors (Lipinski definition) is 1. The van der Waals surface area contributed by atoms with E-state index in [1.54, 1.807) is 0 Å². The van der Waals surface area contributed by atoms with Gasteiger partial charge in [0.1, 0.15) is 0 Å². The summed E-state index contributed by atoms with van der Waals surface area (Å²) in [6.45, 7) is 1.95. The van der Waals surface area contributed by atoms with Crippen molar-refractivity contribution in [1.82, 2.24) is 0 Å². The first-order chi connectivity index (χ1) is 6.33. The molecule has 0 amide bonds. The van der Waals surface area contributed by atoms with Crippen LogP contribution < -0.4 is 0 Å². The zero-order valence-corrected chi connectivity index (χ0v) is 10.4. The Hall–Kier alpha value is -0.630. The molecular weight excluding hydrogens is 183 g/mol. The van der Waals surface area contributed by atoms with Crippen LogP contribution in [0.25, 0.3) is 10.8 Å². The molecule has 0 aliphatic rings. The van der Waals surface area contributed by atoms with Gasteiger partial charge in [0.25, 0.3) is 0 Å². The minimum absolute atomic E-state index is 0. The van der Waals surface area contributed by atoms with Gasteiger partial charge in [-0.25, -0.2) is 0 Å². The maximum atomic E-state index is 10.8. The second kappa shape index (κ2) is 4.74. The van der Waals surface area contributed by atoms with Crippen LogP contribution in [-0.4, -0.2) is 35.8 Å². The molecule has 14 heavy (non-hydrogen) atoms. The van der Waals surface area contributed by atoms with Crippen molar-refractivity contribution in [3.63, 3.8) is 0 Å². The molecule has 2 aromatic rings. The molecule has 0 aliphatic heterocycles. The molecule has 0 bridgehead atoms. The van der Waals surface area contributed by atoms with E-state index >= 15 is 0 Å². The molecular formula is C12H10NaO. The Morgan fingerprint density at radius 2 is 1.79 bits per heavy atom. The Labute approximate surface area is 105 Å². The third kappa shape index (κ3) is 1.90. The fourth-order valence-electron chi connectivity index (χ4n) is 1.56. The average Bonchev–Trinajstić information content (AvgIpc) is 2.18. The summed E-state index contributed by atoms with van der Waals surface area (Å²) in [4.78, 5) is 10.8. The molecule has 0 heterocycles. The molecule has 0 aromatic heterocycles. The van der Waals surface area contributed by atoms with Gasteiger partial charge >= 0.3 is 0 Å². The minimum atomic E-state index is 0. The number of aryl methyl sites for hydroxylation is 1. The van der Waals surface area contributed by atoms with Gasteiger partial charge in [0.15, 0.2) is 6.29 Å². The standard InChI is InChI=1S/C12H10O.Na/c1-9-6-7-10-4-2-3-5-11(10)12(9)8-13;/h2-8H,1H3;. The first-order valence-electron chi connectivity index (χ1n) is 4.26. The van der Waals surface area contributed by atoms with Gasteiger partial charge in [0.2, 0.25) is 0 Å². The first kappa shape index (κ1) is 11.4. The molecule has 0 spiro atoms. The number of fused-ring (bicyclic) bond motifs is 1. The van der Waals surface area contributed by atoms with Crippen LogP contribution in [0, 0.1) is 6.92 Å². The Bertz CT molecular complexity index is 463. The van der Waals surface area contributed by atoms with E-state index in [0.717, 1.165) is 28.2 Å². The maximum absolute atomic E-state index is 10.8. The van der Waals surface area contributed by atoms with Gasteiger partial charge in [-0.3, -0.25) is 4.79 Å². The molecule has 0 atom stereocenters. The van der Waals surface area contributed by atoms with Crippen molar-refractivity contribution in [1.29, 1.82) is 0 Å². The predicted molar refractivity (Wildman–Crippen MR) is 59.8 cm³/mol. The number of hydrogen-bond donors (Lipinski definition) is 0. The second-order valence-corrected chi connectivity index (χ2v) is 3.14. The fourth-order valence-corrected chi connectivity index (χ4v) is 1.56. The summed E-state index contributed by atoms with van der Waals surface area (Å²) in [5.74, 6) is 0. The second-order valence-electron chi connectivity index (χ2n) is 3.14. The Morgan fingerprint density at radius 1 is 1.07 bits per heavy atom. The summed E-state index contributed by atoms with van der Waals surface area (Å²) in [7, 11) is 0. The minimum Gasteiger partial charge on any atom is -0.298 e. The molecule has 0 aliphatic carbocycles. The van der Waals surface area contributed by atoms with Crippen molar-refractivity contribution in [2.24, 2.45) is 0 Å². The van der Waals surface area contributed by atoms with E-state index in [1.165, 1.54) is 0 Å². The van der Waals surface area contributed by atoms with Crippen LogP contribution in [0.4, 0.5) is 0 Å². The third-order valence-corrected chi connectivity index (χ3v) is 2.31. The molecule has 65 valence electrons. The summed E-state index contributed by atoms with van der Waals surface area (Å²) < 4.78 is 0. The van der Waals surface area contributed by atoms with Crippen molar-refractivity contribution in [3.8, 4) is 0 Å². The Kier molecular flexibility index (Phi) is 3.87. The van der Waals surface area contributed by atoms with Crippen LogP contribution in [0.5, 0.6) is 0 Å². The Morgan fingerprint density at radius 3 is 2.50 bits per heavy atom. The van der Waals surface area contributed by atoms with E-state index in [2.05, 4.69) is 0 Å². The zero-order valence-electron chi connectivity index (χ0n) is 8.45. The predicted octanol–water partition coefficient (Wildman–Crippen LogP) is 2.58. The summed E-state index contributed by atoms with van der Waals surface area (Å²) in [5, 5.41) is 2.16. The van der Waals surface area contributed by atoms with Crippen molar-refractivity contribution >= 4 is 46.6 Å². The maximum Gasteiger partial charge on any atom is 0.150 e. The molecule has 1 radical (unpaired) electrons. The van der Waals surface area contributed by atoms with Crippen molar-refractivity contribution < 1.29 is 4.79 Å². The number of carbonyl (C=O) groups is 1. The number of carbonyl (C=O) groups excluding carboxylic acids is 1. The van der Waals surface area contributed by atoms with E-state index in [-0.39, 0.29) is 29.6 Å². The summed E-state index contributed by atoms with van der Waals surface area (Å²) in [5.41, 5.74) is 1.84. The molecule has 0 saturated heterocycles. The van der Waals surface area contributed by atoms with E-state index in [4.69, 9.17) is 0 Å². The molecule has 0 unspecified atom stereocenters. The summed E-state index contributed by atoms with van der Waals surface area (Å²) >= 11 is 0. The van der Waals surface area contributed by atoms with Gasteiger partial charge in [0.05, 0.1) is 0 Å². The first-order valence-corrected chi connectivity index (χ1v) is 4.26. The normalized spacial score (nSPS) is 9.50. The van der Waals surface area contributed by atoms with Crippen LogP contribution in [-0.2, 0) is 0 Å². The number of rotatable bonds is 1. The molecule has 0 saturated carbocycles. The molecule has 2 aromatic carbocycles. The van der Waals surface area contributed by atoms with Crippen LogP contribution in [0.2, 0.25) is 0 Å². The van der Waals surface area contributed by atoms with Gasteiger partial charge < -0.3 is 0 Å². The largest absolute Gasteiger partial charge is 0.298 e. The van der Waals surface area contributed by atoms with E-state index < -0.39 is 0 Å². The van der Waals surface area contributed by atoms with Crippen molar-refractivity contribution in [2.45, 2.75) is 6.92 Å². The Balaban J connectivity index is 0.000000980.